The van der Waals surface area contributed by atoms with Crippen molar-refractivity contribution in [3.8, 4) is 0 Å². The van der Waals surface area contributed by atoms with E-state index in [9.17, 15) is 18.0 Å². The van der Waals surface area contributed by atoms with Crippen LogP contribution in [-0.4, -0.2) is 36.2 Å². The molecular formula is C22H26F3N2OS+. The van der Waals surface area contributed by atoms with Crippen molar-refractivity contribution >= 4 is 17.7 Å². The Morgan fingerprint density at radius 1 is 1.14 bits per heavy atom. The van der Waals surface area contributed by atoms with Gasteiger partial charge in [-0.25, -0.2) is 13.2 Å². The van der Waals surface area contributed by atoms with Crippen molar-refractivity contribution in [1.82, 2.24) is 4.90 Å². The van der Waals surface area contributed by atoms with Crippen LogP contribution in [0.5, 0.6) is 0 Å². The number of benzene rings is 2. The predicted octanol–water partition coefficient (Wildman–Crippen LogP) is 3.56. The van der Waals surface area contributed by atoms with E-state index in [1.54, 1.807) is 30.0 Å². The van der Waals surface area contributed by atoms with E-state index in [0.29, 0.717) is 18.7 Å². The fourth-order valence-corrected chi connectivity index (χ4v) is 4.83. The molecule has 2 atom stereocenters. The van der Waals surface area contributed by atoms with E-state index in [4.69, 9.17) is 0 Å². The molecule has 2 aromatic rings. The number of amides is 1. The van der Waals surface area contributed by atoms with Crippen molar-refractivity contribution in [3.05, 3.63) is 71.0 Å². The SMILES string of the molecule is CCCC[NH+](CC(=O)N1CCS[C@@H]1c1ccc(F)cc1)Cc1ccc(F)c(F)c1. The van der Waals surface area contributed by atoms with Crippen LogP contribution in [0.2, 0.25) is 0 Å². The smallest absolute Gasteiger partial charge is 0.278 e. The standard InChI is InChI=1S/C22H25F3N2OS/c1-2-3-10-26(14-16-4-9-19(24)20(25)13-16)15-21(28)27-11-12-29-22(27)17-5-7-18(23)8-6-17/h4-9,13,22H,2-3,10-12,14-15H2,1H3/p+1/t22-/m1/s1. The van der Waals surface area contributed by atoms with Crippen LogP contribution in [-0.2, 0) is 11.3 Å². The Kier molecular flexibility index (Phi) is 7.61. The zero-order valence-corrected chi connectivity index (χ0v) is 17.3. The third kappa shape index (κ3) is 5.76. The lowest BCUT2D eigenvalue weighted by Crippen LogP contribution is -3.12. The van der Waals surface area contributed by atoms with Gasteiger partial charge in [-0.2, -0.15) is 0 Å². The molecule has 1 amide bonds. The van der Waals surface area contributed by atoms with Gasteiger partial charge in [0.25, 0.3) is 5.91 Å². The van der Waals surface area contributed by atoms with Crippen LogP contribution < -0.4 is 4.90 Å². The third-order valence-corrected chi connectivity index (χ3v) is 6.35. The molecule has 1 fully saturated rings. The first kappa shape index (κ1) is 21.7. The molecule has 1 heterocycles. The van der Waals surface area contributed by atoms with Gasteiger partial charge in [-0.3, -0.25) is 4.79 Å². The summed E-state index contributed by atoms with van der Waals surface area (Å²) in [5, 5.41) is -0.112. The minimum atomic E-state index is -0.865. The first-order valence-corrected chi connectivity index (χ1v) is 11.0. The van der Waals surface area contributed by atoms with Crippen molar-refractivity contribution in [2.75, 3.05) is 25.4 Å². The minimum Gasteiger partial charge on any atom is -0.323 e. The number of thioether (sulfide) groups is 1. The molecule has 1 aliphatic heterocycles. The van der Waals surface area contributed by atoms with E-state index in [2.05, 4.69) is 6.92 Å². The van der Waals surface area contributed by atoms with Gasteiger partial charge in [-0.1, -0.05) is 31.5 Å². The first-order chi connectivity index (χ1) is 14.0. The molecule has 7 heteroatoms. The summed E-state index contributed by atoms with van der Waals surface area (Å²) in [6, 6.07) is 10.2. The Bertz CT molecular complexity index is 831. The molecule has 3 nitrogen and oxygen atoms in total. The van der Waals surface area contributed by atoms with Gasteiger partial charge in [0.05, 0.1) is 6.54 Å². The van der Waals surface area contributed by atoms with Crippen molar-refractivity contribution in [2.24, 2.45) is 0 Å². The van der Waals surface area contributed by atoms with Crippen molar-refractivity contribution in [1.29, 1.82) is 0 Å². The molecule has 3 rings (SSSR count). The highest BCUT2D eigenvalue weighted by Crippen LogP contribution is 2.37. The largest absolute Gasteiger partial charge is 0.323 e. The molecule has 0 saturated carbocycles. The monoisotopic (exact) mass is 423 g/mol. The Morgan fingerprint density at radius 3 is 2.59 bits per heavy atom. The van der Waals surface area contributed by atoms with Gasteiger partial charge in [0.1, 0.15) is 17.7 Å². The molecule has 2 aromatic carbocycles. The molecule has 0 radical (unpaired) electrons. The number of hydrogen-bond donors (Lipinski definition) is 1. The number of carbonyl (C=O) groups is 1. The first-order valence-electron chi connectivity index (χ1n) is 9.92. The number of hydrogen-bond acceptors (Lipinski definition) is 2. The molecule has 1 N–H and O–H groups in total. The summed E-state index contributed by atoms with van der Waals surface area (Å²) in [5.41, 5.74) is 1.59. The van der Waals surface area contributed by atoms with Gasteiger partial charge in [0.2, 0.25) is 0 Å². The fraction of sp³-hybridized carbons (Fsp3) is 0.409. The zero-order valence-electron chi connectivity index (χ0n) is 16.5. The molecule has 0 spiro atoms. The number of nitrogens with zero attached hydrogens (tertiary/aromatic N) is 1. The average Bonchev–Trinajstić information content (AvgIpc) is 3.19. The van der Waals surface area contributed by atoms with Crippen molar-refractivity contribution in [2.45, 2.75) is 31.7 Å². The topological polar surface area (TPSA) is 24.8 Å². The summed E-state index contributed by atoms with van der Waals surface area (Å²) in [6.45, 7) is 4.27. The third-order valence-electron chi connectivity index (χ3n) is 5.09. The van der Waals surface area contributed by atoms with Crippen molar-refractivity contribution in [3.63, 3.8) is 0 Å². The molecule has 0 aromatic heterocycles. The van der Waals surface area contributed by atoms with E-state index in [0.717, 1.165) is 41.7 Å². The number of unbranched alkanes of at least 4 members (excludes halogenated alkanes) is 1. The summed E-state index contributed by atoms with van der Waals surface area (Å²) in [5.74, 6) is -1.16. The Labute approximate surface area is 173 Å². The van der Waals surface area contributed by atoms with Gasteiger partial charge >= 0.3 is 0 Å². The van der Waals surface area contributed by atoms with Crippen LogP contribution in [0.15, 0.2) is 42.5 Å². The molecule has 1 saturated heterocycles. The number of halogens is 3. The Hall–Kier alpha value is -1.99. The summed E-state index contributed by atoms with van der Waals surface area (Å²) in [6.07, 6.45) is 1.94. The van der Waals surface area contributed by atoms with E-state index in [1.165, 1.54) is 18.2 Å². The van der Waals surface area contributed by atoms with Crippen LogP contribution in [0.3, 0.4) is 0 Å². The van der Waals surface area contributed by atoms with Crippen LogP contribution >= 0.6 is 11.8 Å². The summed E-state index contributed by atoms with van der Waals surface area (Å²) in [7, 11) is 0. The number of nitrogens with one attached hydrogen (secondary N) is 1. The van der Waals surface area contributed by atoms with E-state index < -0.39 is 11.6 Å². The lowest BCUT2D eigenvalue weighted by Gasteiger charge is -2.27. The molecule has 1 unspecified atom stereocenters. The van der Waals surface area contributed by atoms with E-state index >= 15 is 0 Å². The molecule has 1 aliphatic rings. The maximum atomic E-state index is 13.6. The Morgan fingerprint density at radius 2 is 1.90 bits per heavy atom. The molecule has 0 aliphatic carbocycles. The number of carbonyl (C=O) groups excluding carboxylic acids is 1. The highest BCUT2D eigenvalue weighted by Gasteiger charge is 2.32. The molecule has 29 heavy (non-hydrogen) atoms. The van der Waals surface area contributed by atoms with Gasteiger partial charge in [0, 0.05) is 17.9 Å². The second-order valence-corrected chi connectivity index (χ2v) is 8.51. The van der Waals surface area contributed by atoms with Crippen LogP contribution in [0, 0.1) is 17.5 Å². The normalized spacial score (nSPS) is 17.5. The second kappa shape index (κ2) is 10.2. The lowest BCUT2D eigenvalue weighted by atomic mass is 10.1. The van der Waals surface area contributed by atoms with E-state index in [1.807, 2.05) is 4.90 Å². The minimum absolute atomic E-state index is 0.0259. The van der Waals surface area contributed by atoms with Gasteiger partial charge < -0.3 is 9.80 Å². The van der Waals surface area contributed by atoms with Gasteiger partial charge in [0.15, 0.2) is 18.2 Å². The number of quaternary nitrogens is 1. The molecule has 156 valence electrons. The van der Waals surface area contributed by atoms with Crippen LogP contribution in [0.1, 0.15) is 36.3 Å². The summed E-state index contributed by atoms with van der Waals surface area (Å²) >= 11 is 1.67. The predicted molar refractivity (Wildman–Crippen MR) is 109 cm³/mol. The zero-order chi connectivity index (χ0) is 20.8. The van der Waals surface area contributed by atoms with Crippen LogP contribution in [0.4, 0.5) is 13.2 Å². The average molecular weight is 424 g/mol. The fourth-order valence-electron chi connectivity index (χ4n) is 3.55. The molecule has 0 bridgehead atoms. The quantitative estimate of drug-likeness (QED) is 0.702. The highest BCUT2D eigenvalue weighted by atomic mass is 32.2. The maximum Gasteiger partial charge on any atom is 0.278 e. The van der Waals surface area contributed by atoms with Crippen molar-refractivity contribution < 1.29 is 22.9 Å². The Balaban J connectivity index is 1.69. The van der Waals surface area contributed by atoms with E-state index in [-0.39, 0.29) is 23.6 Å². The van der Waals surface area contributed by atoms with Gasteiger partial charge in [-0.15, -0.1) is 11.8 Å². The summed E-state index contributed by atoms with van der Waals surface area (Å²) < 4.78 is 40.0. The van der Waals surface area contributed by atoms with Crippen LogP contribution in [0.25, 0.3) is 0 Å². The molecular weight excluding hydrogens is 397 g/mol. The highest BCUT2D eigenvalue weighted by molar-refractivity contribution is 7.99. The maximum absolute atomic E-state index is 13.6. The number of rotatable bonds is 8. The summed E-state index contributed by atoms with van der Waals surface area (Å²) in [4.78, 5) is 15.9. The van der Waals surface area contributed by atoms with Gasteiger partial charge in [-0.05, 0) is 36.2 Å². The second-order valence-electron chi connectivity index (χ2n) is 7.32. The lowest BCUT2D eigenvalue weighted by molar-refractivity contribution is -0.906.